The molecule has 2 heteroatoms. The van der Waals surface area contributed by atoms with Gasteiger partial charge in [-0.3, -0.25) is 0 Å². The number of hydrogen-bond acceptors (Lipinski definition) is 2. The Morgan fingerprint density at radius 1 is 0.650 bits per heavy atom. The van der Waals surface area contributed by atoms with Gasteiger partial charge in [0.1, 0.15) is 0 Å². The van der Waals surface area contributed by atoms with Gasteiger partial charge in [-0.05, 0) is 40.7 Å². The third-order valence-electron chi connectivity index (χ3n) is 3.27. The monoisotopic (exact) mass is 276 g/mol. The van der Waals surface area contributed by atoms with E-state index in [2.05, 4.69) is 0 Å². The van der Waals surface area contributed by atoms with Crippen LogP contribution >= 0.6 is 0 Å². The molecule has 112 valence electrons. The minimum Gasteiger partial charge on any atom is -0.361 e. The highest BCUT2D eigenvalue weighted by Gasteiger charge is 2.47. The van der Waals surface area contributed by atoms with Gasteiger partial charge in [0, 0.05) is 5.92 Å². The lowest BCUT2D eigenvalue weighted by Gasteiger charge is -2.42. The third-order valence-corrected chi connectivity index (χ3v) is 3.27. The van der Waals surface area contributed by atoms with Gasteiger partial charge in [-0.2, -0.15) is 0 Å². The normalized spacial score (nSPS) is 18.9. The van der Waals surface area contributed by atoms with Crippen LogP contribution in [0.1, 0.15) is 34.6 Å². The molecule has 0 aromatic rings. The average Bonchev–Trinajstić information content (AvgIpc) is 2.38. The average molecular weight is 276 g/mol. The molecule has 0 fully saturated rings. The molecule has 0 aliphatic heterocycles. The van der Waals surface area contributed by atoms with E-state index in [1.54, 1.807) is 13.0 Å². The molecule has 0 bridgehead atoms. The molecule has 0 spiro atoms. The van der Waals surface area contributed by atoms with Crippen LogP contribution < -0.4 is 0 Å². The molecule has 0 saturated heterocycles. The summed E-state index contributed by atoms with van der Waals surface area (Å²) in [5, 5.41) is 21.2. The van der Waals surface area contributed by atoms with Crippen LogP contribution in [-0.2, 0) is 0 Å². The Balaban J connectivity index is 6.26. The molecule has 20 heavy (non-hydrogen) atoms. The Morgan fingerprint density at radius 2 is 1.05 bits per heavy atom. The summed E-state index contributed by atoms with van der Waals surface area (Å²) < 4.78 is 0. The van der Waals surface area contributed by atoms with Crippen molar-refractivity contribution >= 4 is 0 Å². The van der Waals surface area contributed by atoms with E-state index >= 15 is 0 Å². The summed E-state index contributed by atoms with van der Waals surface area (Å²) in [6.45, 7) is 9.40. The zero-order valence-corrected chi connectivity index (χ0v) is 13.2. The smallest absolute Gasteiger partial charge is 0.196 e. The summed E-state index contributed by atoms with van der Waals surface area (Å²) in [6, 6.07) is 0. The molecule has 0 atom stereocenters. The minimum atomic E-state index is -1.97. The largest absolute Gasteiger partial charge is 0.361 e. The fourth-order valence-corrected chi connectivity index (χ4v) is 2.49. The van der Waals surface area contributed by atoms with Crippen molar-refractivity contribution in [3.63, 3.8) is 0 Å². The Bertz CT molecular complexity index is 385. The van der Waals surface area contributed by atoms with Crippen molar-refractivity contribution in [1.29, 1.82) is 0 Å². The molecular weight excluding hydrogens is 248 g/mol. The molecule has 2 nitrogen and oxygen atoms in total. The molecule has 0 aromatic carbocycles. The fraction of sp³-hybridized carbons (Fsp3) is 0.444. The van der Waals surface area contributed by atoms with E-state index in [1.165, 1.54) is 6.08 Å². The molecule has 0 aromatic heterocycles. The van der Waals surface area contributed by atoms with Gasteiger partial charge in [0.15, 0.2) is 5.79 Å². The summed E-state index contributed by atoms with van der Waals surface area (Å²) >= 11 is 0. The highest BCUT2D eigenvalue weighted by atomic mass is 16.5. The lowest BCUT2D eigenvalue weighted by atomic mass is 9.67. The third kappa shape index (κ3) is 4.06. The molecule has 2 N–H and O–H groups in total. The first-order valence-electron chi connectivity index (χ1n) is 7.07. The Hall–Kier alpha value is -1.38. The zero-order chi connectivity index (χ0) is 15.6. The molecule has 0 unspecified atom stereocenters. The van der Waals surface area contributed by atoms with Gasteiger partial charge >= 0.3 is 0 Å². The number of hydrogen-bond donors (Lipinski definition) is 2. The van der Waals surface area contributed by atoms with Crippen molar-refractivity contribution in [2.24, 2.45) is 11.3 Å². The molecule has 0 amide bonds. The summed E-state index contributed by atoms with van der Waals surface area (Å²) in [7, 11) is 0. The molecular formula is C18H28O2. The molecule has 0 heterocycles. The predicted octanol–water partition coefficient (Wildman–Crippen LogP) is 4.15. The van der Waals surface area contributed by atoms with Crippen LogP contribution in [0, 0.1) is 11.3 Å². The van der Waals surface area contributed by atoms with E-state index in [0.29, 0.717) is 0 Å². The van der Waals surface area contributed by atoms with Crippen LogP contribution in [0.4, 0.5) is 0 Å². The second-order valence-electron chi connectivity index (χ2n) is 4.74. The summed E-state index contributed by atoms with van der Waals surface area (Å²) in [6.07, 6.45) is 18.3. The summed E-state index contributed by atoms with van der Waals surface area (Å²) in [5.41, 5.74) is -0.942. The first kappa shape index (κ1) is 18.6. The van der Waals surface area contributed by atoms with Crippen LogP contribution in [-0.4, -0.2) is 16.0 Å². The van der Waals surface area contributed by atoms with Crippen molar-refractivity contribution in [3.8, 4) is 0 Å². The van der Waals surface area contributed by atoms with E-state index in [1.807, 2.05) is 76.3 Å². The highest BCUT2D eigenvalue weighted by Crippen LogP contribution is 2.43. The number of aliphatic hydroxyl groups is 2. The van der Waals surface area contributed by atoms with E-state index in [0.717, 1.165) is 0 Å². The maximum Gasteiger partial charge on any atom is 0.196 e. The van der Waals surface area contributed by atoms with Gasteiger partial charge in [0.25, 0.3) is 0 Å². The Kier molecular flexibility index (Phi) is 8.12. The lowest BCUT2D eigenvalue weighted by molar-refractivity contribution is -0.180. The van der Waals surface area contributed by atoms with Gasteiger partial charge in [-0.1, -0.05) is 54.7 Å². The van der Waals surface area contributed by atoms with Gasteiger partial charge in [-0.15, -0.1) is 0 Å². The second kappa shape index (κ2) is 8.72. The topological polar surface area (TPSA) is 40.5 Å². The number of rotatable bonds is 7. The predicted molar refractivity (Wildman–Crippen MR) is 87.2 cm³/mol. The first-order chi connectivity index (χ1) is 9.45. The minimum absolute atomic E-state index is 0.156. The molecule has 0 aliphatic carbocycles. The quantitative estimate of drug-likeness (QED) is 0.541. The van der Waals surface area contributed by atoms with Crippen LogP contribution in [0.15, 0.2) is 60.8 Å². The summed E-state index contributed by atoms with van der Waals surface area (Å²) in [5.74, 6) is -2.12. The Labute approximate surface area is 123 Å². The van der Waals surface area contributed by atoms with Crippen LogP contribution in [0.25, 0.3) is 0 Å². The lowest BCUT2D eigenvalue weighted by Crippen LogP contribution is -2.48. The molecule has 0 radical (unpaired) electrons. The van der Waals surface area contributed by atoms with Crippen LogP contribution in [0.5, 0.6) is 0 Å². The van der Waals surface area contributed by atoms with E-state index in [9.17, 15) is 10.2 Å². The van der Waals surface area contributed by atoms with Crippen molar-refractivity contribution < 1.29 is 10.2 Å². The van der Waals surface area contributed by atoms with Crippen molar-refractivity contribution in [1.82, 2.24) is 0 Å². The van der Waals surface area contributed by atoms with E-state index in [-0.39, 0.29) is 5.92 Å². The van der Waals surface area contributed by atoms with Gasteiger partial charge in [0.05, 0.1) is 5.41 Å². The SMILES string of the molecule is CC=CC(C=CC)C(C=CC)(C=CC)C(O)(O)C=CC. The van der Waals surface area contributed by atoms with Crippen molar-refractivity contribution in [2.75, 3.05) is 0 Å². The maximum atomic E-state index is 10.6. The number of allylic oxidation sites excluding steroid dienone is 7. The fourth-order valence-electron chi connectivity index (χ4n) is 2.49. The molecule has 0 aliphatic rings. The van der Waals surface area contributed by atoms with Crippen molar-refractivity contribution in [2.45, 2.75) is 40.4 Å². The van der Waals surface area contributed by atoms with E-state index in [4.69, 9.17) is 0 Å². The summed E-state index contributed by atoms with van der Waals surface area (Å²) in [4.78, 5) is 0. The second-order valence-corrected chi connectivity index (χ2v) is 4.74. The zero-order valence-electron chi connectivity index (χ0n) is 13.2. The standard InChI is InChI=1S/C18H28O2/c1-6-11-16(12-7-2)17(13-8-3,14-9-4)18(19,20)15-10-5/h6-16,19-20H,1-5H3. The molecule has 0 saturated carbocycles. The van der Waals surface area contributed by atoms with Crippen molar-refractivity contribution in [3.05, 3.63) is 60.8 Å². The van der Waals surface area contributed by atoms with Crippen LogP contribution in [0.2, 0.25) is 0 Å². The van der Waals surface area contributed by atoms with Crippen LogP contribution in [0.3, 0.4) is 0 Å². The van der Waals surface area contributed by atoms with Gasteiger partial charge < -0.3 is 10.2 Å². The van der Waals surface area contributed by atoms with Gasteiger partial charge in [-0.25, -0.2) is 0 Å². The molecule has 0 rings (SSSR count). The Morgan fingerprint density at radius 3 is 1.35 bits per heavy atom. The van der Waals surface area contributed by atoms with E-state index < -0.39 is 11.2 Å². The highest BCUT2D eigenvalue weighted by molar-refractivity contribution is 5.29. The van der Waals surface area contributed by atoms with Gasteiger partial charge in [0.2, 0.25) is 0 Å². The first-order valence-corrected chi connectivity index (χ1v) is 7.07. The maximum absolute atomic E-state index is 10.6.